The smallest absolute Gasteiger partial charge is 0.418 e. The minimum Gasteiger partial charge on any atom is -0.418 e. The molecule has 0 amide bonds. The first-order chi connectivity index (χ1) is 5.39. The van der Waals surface area contributed by atoms with Crippen LogP contribution in [0.3, 0.4) is 0 Å². The second-order valence-corrected chi connectivity index (χ2v) is 2.71. The highest BCUT2D eigenvalue weighted by Crippen LogP contribution is 2.06. The summed E-state index contributed by atoms with van der Waals surface area (Å²) in [7, 11) is -6.00. The molecule has 0 heterocycles. The first-order valence-corrected chi connectivity index (χ1v) is 3.77. The lowest BCUT2D eigenvalue weighted by Crippen LogP contribution is -2.02. The van der Waals surface area contributed by atoms with Crippen LogP contribution in [0.25, 0.3) is 0 Å². The van der Waals surface area contributed by atoms with Crippen LogP contribution in [-0.4, -0.2) is 7.25 Å². The van der Waals surface area contributed by atoms with Crippen molar-refractivity contribution in [1.29, 1.82) is 0 Å². The van der Waals surface area contributed by atoms with Gasteiger partial charge in [-0.2, -0.15) is 0 Å². The molecule has 0 aliphatic heterocycles. The topological polar surface area (TPSA) is 0 Å². The zero-order valence-corrected chi connectivity index (χ0v) is 7.44. The Morgan fingerprint density at radius 3 is 1.50 bits per heavy atom. The Morgan fingerprint density at radius 2 is 1.33 bits per heavy atom. The van der Waals surface area contributed by atoms with Crippen LogP contribution in [-0.2, 0) is 0 Å². The van der Waals surface area contributed by atoms with E-state index in [0.29, 0.717) is 0 Å². The van der Waals surface area contributed by atoms with Gasteiger partial charge in [0, 0.05) is 4.47 Å². The van der Waals surface area contributed by atoms with Crippen molar-refractivity contribution in [3.05, 3.63) is 34.8 Å². The maximum absolute atomic E-state index is 9.75. The van der Waals surface area contributed by atoms with E-state index in [1.165, 1.54) is 0 Å². The zero-order valence-electron chi connectivity index (χ0n) is 6.85. The van der Waals surface area contributed by atoms with E-state index in [0.717, 1.165) is 4.47 Å². The van der Waals surface area contributed by atoms with Gasteiger partial charge in [0.1, 0.15) is 0 Å². The van der Waals surface area contributed by atoms with Crippen molar-refractivity contribution in [3.63, 3.8) is 0 Å². The van der Waals surface area contributed by atoms with Gasteiger partial charge < -0.3 is 17.3 Å². The van der Waals surface area contributed by atoms with E-state index >= 15 is 0 Å². The molecule has 0 fully saturated rings. The van der Waals surface area contributed by atoms with Crippen LogP contribution in [0.2, 0.25) is 0 Å². The number of halogens is 5. The van der Waals surface area contributed by atoms with Gasteiger partial charge in [-0.25, -0.2) is 0 Å². The van der Waals surface area contributed by atoms with Gasteiger partial charge in [-0.3, -0.25) is 0 Å². The molecule has 0 N–H and O–H groups in total. The van der Waals surface area contributed by atoms with Crippen LogP contribution < -0.4 is 0 Å². The van der Waals surface area contributed by atoms with Gasteiger partial charge in [0.25, 0.3) is 0 Å². The summed E-state index contributed by atoms with van der Waals surface area (Å²) in [4.78, 5) is 0. The molecule has 0 saturated heterocycles. The van der Waals surface area contributed by atoms with Crippen molar-refractivity contribution < 1.29 is 18.7 Å². The van der Waals surface area contributed by atoms with Gasteiger partial charge in [0.05, 0.1) is 0 Å². The first-order valence-electron chi connectivity index (χ1n) is 2.97. The lowest BCUT2D eigenvalue weighted by molar-refractivity contribution is 0.368. The minimum absolute atomic E-state index is 0. The van der Waals surface area contributed by atoms with Crippen molar-refractivity contribution in [2.24, 2.45) is 0 Å². The van der Waals surface area contributed by atoms with E-state index in [9.17, 15) is 17.3 Å². The monoisotopic (exact) mass is 244 g/mol. The summed E-state index contributed by atoms with van der Waals surface area (Å²) in [5.41, 5.74) is 0. The maximum atomic E-state index is 9.75. The Hall–Kier alpha value is -0.515. The molecular formula is C6H6BBrF4. The molecule has 0 atom stereocenters. The average molecular weight is 245 g/mol. The summed E-state index contributed by atoms with van der Waals surface area (Å²) in [6, 6.07) is 9.97. The Labute approximate surface area is 77.3 Å². The van der Waals surface area contributed by atoms with Crippen LogP contribution >= 0.6 is 15.9 Å². The van der Waals surface area contributed by atoms with Gasteiger partial charge in [0.15, 0.2) is 0 Å². The SMILES string of the molecule is Brc1ccccc1.F[B-](F)(F)F.[H+]. The second-order valence-electron chi connectivity index (χ2n) is 1.79. The highest BCUT2D eigenvalue weighted by Gasteiger charge is 2.20. The minimum atomic E-state index is -6.00. The van der Waals surface area contributed by atoms with Crippen LogP contribution in [0.5, 0.6) is 0 Å². The Bertz CT molecular complexity index is 210. The molecule has 6 heteroatoms. The van der Waals surface area contributed by atoms with Crippen molar-refractivity contribution in [1.82, 2.24) is 0 Å². The predicted molar refractivity (Wildman–Crippen MR) is 45.4 cm³/mol. The Morgan fingerprint density at radius 1 is 1.00 bits per heavy atom. The van der Waals surface area contributed by atoms with Gasteiger partial charge in [-0.05, 0) is 12.1 Å². The Balaban J connectivity index is 0. The molecule has 0 aliphatic carbocycles. The van der Waals surface area contributed by atoms with E-state index < -0.39 is 7.25 Å². The molecule has 12 heavy (non-hydrogen) atoms. The summed E-state index contributed by atoms with van der Waals surface area (Å²) in [5.74, 6) is 0. The fraction of sp³-hybridized carbons (Fsp3) is 0. The molecule has 0 saturated carbocycles. The largest absolute Gasteiger partial charge is 1.00 e. The summed E-state index contributed by atoms with van der Waals surface area (Å²) in [5, 5.41) is 0. The molecule has 0 aromatic heterocycles. The molecular weight excluding hydrogens is 239 g/mol. The highest BCUT2D eigenvalue weighted by molar-refractivity contribution is 9.10. The molecule has 0 unspecified atom stereocenters. The third-order valence-electron chi connectivity index (χ3n) is 0.733. The molecule has 1 aromatic carbocycles. The third-order valence-corrected chi connectivity index (χ3v) is 1.26. The quantitative estimate of drug-likeness (QED) is 0.480. The van der Waals surface area contributed by atoms with Crippen LogP contribution in [0.4, 0.5) is 17.3 Å². The summed E-state index contributed by atoms with van der Waals surface area (Å²) in [6.45, 7) is 0. The van der Waals surface area contributed by atoms with Crippen molar-refractivity contribution >= 4 is 23.2 Å². The average Bonchev–Trinajstić information content (AvgIpc) is 1.85. The summed E-state index contributed by atoms with van der Waals surface area (Å²) >= 11 is 3.31. The molecule has 0 aliphatic rings. The van der Waals surface area contributed by atoms with E-state index in [-0.39, 0.29) is 1.43 Å². The molecule has 1 rings (SSSR count). The zero-order chi connectivity index (χ0) is 9.61. The van der Waals surface area contributed by atoms with Crippen LogP contribution in [0, 0.1) is 0 Å². The van der Waals surface area contributed by atoms with Gasteiger partial charge in [-0.15, -0.1) is 0 Å². The summed E-state index contributed by atoms with van der Waals surface area (Å²) in [6.07, 6.45) is 0. The molecule has 1 aromatic rings. The fourth-order valence-electron chi connectivity index (χ4n) is 0.415. The predicted octanol–water partition coefficient (Wildman–Crippen LogP) is 3.86. The molecule has 0 radical (unpaired) electrons. The number of hydrogen-bond donors (Lipinski definition) is 0. The van der Waals surface area contributed by atoms with Crippen LogP contribution in [0.15, 0.2) is 34.8 Å². The van der Waals surface area contributed by atoms with Gasteiger partial charge in [-0.1, -0.05) is 34.1 Å². The molecule has 0 spiro atoms. The van der Waals surface area contributed by atoms with Crippen molar-refractivity contribution in [2.75, 3.05) is 0 Å². The third kappa shape index (κ3) is 12.2. The Kier molecular flexibility index (Phi) is 4.96. The lowest BCUT2D eigenvalue weighted by Gasteiger charge is -1.94. The first kappa shape index (κ1) is 11.5. The van der Waals surface area contributed by atoms with E-state index in [1.807, 2.05) is 30.3 Å². The van der Waals surface area contributed by atoms with E-state index in [1.54, 1.807) is 0 Å². The second kappa shape index (κ2) is 5.19. The number of hydrogen-bond acceptors (Lipinski definition) is 0. The fourth-order valence-corrected chi connectivity index (χ4v) is 0.720. The van der Waals surface area contributed by atoms with Gasteiger partial charge >= 0.3 is 8.68 Å². The van der Waals surface area contributed by atoms with Crippen molar-refractivity contribution in [3.8, 4) is 0 Å². The van der Waals surface area contributed by atoms with Crippen molar-refractivity contribution in [2.45, 2.75) is 0 Å². The van der Waals surface area contributed by atoms with Gasteiger partial charge in [0.2, 0.25) is 0 Å². The molecule has 0 bridgehead atoms. The summed E-state index contributed by atoms with van der Waals surface area (Å²) < 4.78 is 40.1. The van der Waals surface area contributed by atoms with E-state index in [4.69, 9.17) is 0 Å². The maximum Gasteiger partial charge on any atom is 1.00 e. The van der Waals surface area contributed by atoms with Crippen LogP contribution in [0.1, 0.15) is 1.43 Å². The standard InChI is InChI=1S/C6H5Br.BF4/c7-6-4-2-1-3-5-6;2-1(3,4)5/h1-5H;/q;-1/p+1. The molecule has 0 nitrogen and oxygen atoms in total. The molecule has 68 valence electrons. The van der Waals surface area contributed by atoms with E-state index in [2.05, 4.69) is 15.9 Å². The highest BCUT2D eigenvalue weighted by atomic mass is 79.9. The normalized spacial score (nSPS) is 10.1. The number of rotatable bonds is 0. The number of benzene rings is 1. The lowest BCUT2D eigenvalue weighted by atomic mass is 10.3.